The van der Waals surface area contributed by atoms with E-state index >= 15 is 0 Å². The standard InChI is InChI=1S/C20H29BBrNO3/c1-3-5-12-21(13-6-4-2)26-19(15-22)23-18(16-25-20(23)24)14-17-10-8-7-9-11-17/h7-11,15,18H,3-6,12-14,16H2,1-2H3/b19-15+/t18-/m1/s1. The van der Waals surface area contributed by atoms with Gasteiger partial charge in [0.25, 0.3) is 0 Å². The fourth-order valence-electron chi connectivity index (χ4n) is 3.20. The lowest BCUT2D eigenvalue weighted by Gasteiger charge is -2.27. The fraction of sp³-hybridized carbons (Fsp3) is 0.550. The maximum Gasteiger partial charge on any atom is 0.417 e. The third-order valence-corrected chi connectivity index (χ3v) is 5.04. The number of halogens is 1. The van der Waals surface area contributed by atoms with Crippen LogP contribution in [0.15, 0.2) is 41.2 Å². The zero-order valence-electron chi connectivity index (χ0n) is 15.8. The van der Waals surface area contributed by atoms with Crippen molar-refractivity contribution in [3.63, 3.8) is 0 Å². The highest BCUT2D eigenvalue weighted by molar-refractivity contribution is 9.11. The van der Waals surface area contributed by atoms with Gasteiger partial charge in [-0.3, -0.25) is 0 Å². The highest BCUT2D eigenvalue weighted by atomic mass is 79.9. The predicted molar refractivity (Wildman–Crippen MR) is 110 cm³/mol. The number of benzene rings is 1. The number of ether oxygens (including phenoxy) is 1. The molecule has 1 aromatic carbocycles. The summed E-state index contributed by atoms with van der Waals surface area (Å²) < 4.78 is 11.6. The second kappa shape index (κ2) is 11.3. The molecule has 1 aliphatic heterocycles. The van der Waals surface area contributed by atoms with Crippen molar-refractivity contribution in [1.82, 2.24) is 4.90 Å². The molecule has 0 aromatic heterocycles. The van der Waals surface area contributed by atoms with Crippen LogP contribution in [-0.2, 0) is 15.8 Å². The van der Waals surface area contributed by atoms with Crippen LogP contribution in [-0.4, -0.2) is 30.6 Å². The second-order valence-corrected chi connectivity index (χ2v) is 7.22. The van der Waals surface area contributed by atoms with Crippen molar-refractivity contribution in [3.8, 4) is 0 Å². The van der Waals surface area contributed by atoms with E-state index in [1.165, 1.54) is 5.56 Å². The van der Waals surface area contributed by atoms with E-state index in [2.05, 4.69) is 41.9 Å². The van der Waals surface area contributed by atoms with Crippen LogP contribution in [0.2, 0.25) is 12.6 Å². The van der Waals surface area contributed by atoms with Crippen LogP contribution in [0, 0.1) is 0 Å². The molecule has 2 rings (SSSR count). The minimum absolute atomic E-state index is 0.0494. The van der Waals surface area contributed by atoms with Gasteiger partial charge in [0.1, 0.15) is 6.61 Å². The van der Waals surface area contributed by atoms with Gasteiger partial charge in [-0.15, -0.1) is 0 Å². The van der Waals surface area contributed by atoms with E-state index in [4.69, 9.17) is 9.39 Å². The molecule has 1 aromatic rings. The number of nitrogens with zero attached hydrogens (tertiary/aromatic N) is 1. The Kier molecular flexibility index (Phi) is 9.09. The number of amides is 1. The van der Waals surface area contributed by atoms with Crippen LogP contribution in [0.3, 0.4) is 0 Å². The van der Waals surface area contributed by atoms with Gasteiger partial charge in [0.15, 0.2) is 5.88 Å². The first-order valence-electron chi connectivity index (χ1n) is 9.66. The van der Waals surface area contributed by atoms with Crippen molar-refractivity contribution < 1.29 is 14.2 Å². The van der Waals surface area contributed by atoms with E-state index in [1.54, 1.807) is 9.89 Å². The van der Waals surface area contributed by atoms with Crippen molar-refractivity contribution >= 4 is 28.9 Å². The zero-order valence-corrected chi connectivity index (χ0v) is 17.4. The number of carbonyl (C=O) groups is 1. The van der Waals surface area contributed by atoms with Gasteiger partial charge in [-0.2, -0.15) is 0 Å². The zero-order chi connectivity index (χ0) is 18.8. The molecule has 1 fully saturated rings. The SMILES string of the molecule is CCCCB(CCCC)O/C(=C/Br)N1C(=O)OC[C@H]1Cc1ccccc1. The number of cyclic esters (lactones) is 1. The number of unbranched alkanes of at least 4 members (excludes halogenated alkanes) is 2. The largest absolute Gasteiger partial charge is 0.549 e. The van der Waals surface area contributed by atoms with Gasteiger partial charge in [0.05, 0.1) is 6.04 Å². The normalized spacial score (nSPS) is 17.3. The molecule has 0 N–H and O–H groups in total. The van der Waals surface area contributed by atoms with Crippen LogP contribution in [0.4, 0.5) is 4.79 Å². The molecule has 0 radical (unpaired) electrons. The summed E-state index contributed by atoms with van der Waals surface area (Å²) in [6.45, 7) is 4.89. The molecule has 1 aliphatic rings. The lowest BCUT2D eigenvalue weighted by molar-refractivity contribution is 0.152. The number of rotatable bonds is 11. The molecule has 0 spiro atoms. The molecule has 1 heterocycles. The van der Waals surface area contributed by atoms with Crippen molar-refractivity contribution in [1.29, 1.82) is 0 Å². The average molecular weight is 422 g/mol. The Labute approximate surface area is 166 Å². The summed E-state index contributed by atoms with van der Waals surface area (Å²) in [6, 6.07) is 10.1. The summed E-state index contributed by atoms with van der Waals surface area (Å²) >= 11 is 3.39. The van der Waals surface area contributed by atoms with Crippen LogP contribution >= 0.6 is 15.9 Å². The van der Waals surface area contributed by atoms with Crippen LogP contribution in [0.1, 0.15) is 45.1 Å². The minimum Gasteiger partial charge on any atom is -0.549 e. The summed E-state index contributed by atoms with van der Waals surface area (Å²) in [5.74, 6) is 0.561. The quantitative estimate of drug-likeness (QED) is 0.332. The summed E-state index contributed by atoms with van der Waals surface area (Å²) in [5.41, 5.74) is 1.18. The molecule has 1 saturated heterocycles. The molecule has 26 heavy (non-hydrogen) atoms. The van der Waals surface area contributed by atoms with Crippen molar-refractivity contribution in [2.24, 2.45) is 0 Å². The topological polar surface area (TPSA) is 38.8 Å². The lowest BCUT2D eigenvalue weighted by atomic mass is 9.59. The van der Waals surface area contributed by atoms with E-state index in [0.717, 1.165) is 44.7 Å². The van der Waals surface area contributed by atoms with Crippen LogP contribution < -0.4 is 0 Å². The molecule has 0 bridgehead atoms. The maximum atomic E-state index is 12.3. The smallest absolute Gasteiger partial charge is 0.417 e. The van der Waals surface area contributed by atoms with Gasteiger partial charge < -0.3 is 9.39 Å². The van der Waals surface area contributed by atoms with Gasteiger partial charge >= 0.3 is 13.0 Å². The van der Waals surface area contributed by atoms with Crippen LogP contribution in [0.5, 0.6) is 0 Å². The lowest BCUT2D eigenvalue weighted by Crippen LogP contribution is -2.37. The van der Waals surface area contributed by atoms with Crippen LogP contribution in [0.25, 0.3) is 0 Å². The van der Waals surface area contributed by atoms with Crippen molar-refractivity contribution in [3.05, 3.63) is 46.8 Å². The Balaban J connectivity index is 2.07. The van der Waals surface area contributed by atoms with Gasteiger partial charge in [0.2, 0.25) is 0 Å². The summed E-state index contributed by atoms with van der Waals surface area (Å²) in [7, 11) is 0. The van der Waals surface area contributed by atoms with Crippen molar-refractivity contribution in [2.45, 2.75) is 64.6 Å². The van der Waals surface area contributed by atoms with Gasteiger partial charge in [0, 0.05) is 4.99 Å². The molecular formula is C20H29BBrNO3. The van der Waals surface area contributed by atoms with Gasteiger partial charge in [-0.05, 0) is 24.6 Å². The highest BCUT2D eigenvalue weighted by Gasteiger charge is 2.37. The molecule has 0 unspecified atom stereocenters. The third kappa shape index (κ3) is 6.08. The molecule has 1 amide bonds. The Morgan fingerprint density at radius 1 is 1.27 bits per heavy atom. The van der Waals surface area contributed by atoms with E-state index < -0.39 is 0 Å². The molecule has 0 saturated carbocycles. The number of hydrogen-bond donors (Lipinski definition) is 0. The molecule has 6 heteroatoms. The average Bonchev–Trinajstić information content (AvgIpc) is 3.02. The Hall–Kier alpha value is -1.43. The van der Waals surface area contributed by atoms with Crippen molar-refractivity contribution in [2.75, 3.05) is 6.61 Å². The fourth-order valence-corrected chi connectivity index (χ4v) is 3.53. The first kappa shape index (κ1) is 20.9. The second-order valence-electron chi connectivity index (χ2n) is 6.76. The van der Waals surface area contributed by atoms with Gasteiger partial charge in [-0.25, -0.2) is 9.69 Å². The predicted octanol–water partition coefficient (Wildman–Crippen LogP) is 5.85. The Morgan fingerprint density at radius 3 is 2.50 bits per heavy atom. The minimum atomic E-state index is -0.332. The molecule has 0 aliphatic carbocycles. The first-order valence-corrected chi connectivity index (χ1v) is 10.6. The highest BCUT2D eigenvalue weighted by Crippen LogP contribution is 2.26. The third-order valence-electron chi connectivity index (χ3n) is 4.65. The molecule has 1 atom stereocenters. The maximum absolute atomic E-state index is 12.3. The number of hydrogen-bond acceptors (Lipinski definition) is 3. The van der Waals surface area contributed by atoms with Gasteiger partial charge in [-0.1, -0.05) is 85.8 Å². The summed E-state index contributed by atoms with van der Waals surface area (Å²) in [5, 5.41) is 0. The molecular weight excluding hydrogens is 393 g/mol. The Morgan fingerprint density at radius 2 is 1.92 bits per heavy atom. The van der Waals surface area contributed by atoms with E-state index in [0.29, 0.717) is 12.5 Å². The summed E-state index contributed by atoms with van der Waals surface area (Å²) in [6.07, 6.45) is 6.96. The summed E-state index contributed by atoms with van der Waals surface area (Å²) in [4.78, 5) is 15.7. The number of carbonyl (C=O) groups excluding carboxylic acids is 1. The van der Waals surface area contributed by atoms with E-state index in [1.807, 2.05) is 18.2 Å². The first-order chi connectivity index (χ1) is 12.7. The monoisotopic (exact) mass is 421 g/mol. The van der Waals surface area contributed by atoms with E-state index in [-0.39, 0.29) is 19.1 Å². The Bertz CT molecular complexity index is 574. The molecule has 4 nitrogen and oxygen atoms in total. The molecule has 142 valence electrons. The van der Waals surface area contributed by atoms with E-state index in [9.17, 15) is 4.79 Å².